The van der Waals surface area contributed by atoms with Crippen molar-refractivity contribution in [3.63, 3.8) is 0 Å². The molecule has 232 valence electrons. The highest BCUT2D eigenvalue weighted by molar-refractivity contribution is 5.82. The summed E-state index contributed by atoms with van der Waals surface area (Å²) in [5.74, 6) is -2.18. The fraction of sp³-hybridized carbons (Fsp3) is 0.688. The first-order chi connectivity index (χ1) is 19.8. The Morgan fingerprint density at radius 1 is 0.634 bits per heavy atom. The average Bonchev–Trinajstić information content (AvgIpc) is 3.76. The fourth-order valence-corrected chi connectivity index (χ4v) is 4.90. The molecule has 4 unspecified atom stereocenters. The molecule has 0 bridgehead atoms. The summed E-state index contributed by atoms with van der Waals surface area (Å²) in [5.41, 5.74) is -1.08. The van der Waals surface area contributed by atoms with E-state index >= 15 is 0 Å². The fourth-order valence-electron chi connectivity index (χ4n) is 4.90. The van der Waals surface area contributed by atoms with Crippen LogP contribution in [-0.2, 0) is 42.7 Å². The molecule has 0 spiro atoms. The lowest BCUT2D eigenvalue weighted by Gasteiger charge is -2.34. The van der Waals surface area contributed by atoms with Gasteiger partial charge in [0, 0.05) is 0 Å². The first-order valence-corrected chi connectivity index (χ1v) is 14.6. The van der Waals surface area contributed by atoms with Crippen molar-refractivity contribution < 1.29 is 42.7 Å². The second-order valence-corrected chi connectivity index (χ2v) is 11.0. The van der Waals surface area contributed by atoms with Gasteiger partial charge in [0.2, 0.25) is 0 Å². The van der Waals surface area contributed by atoms with Crippen LogP contribution in [0, 0.1) is 22.7 Å². The molecule has 0 aromatic rings. The van der Waals surface area contributed by atoms with Gasteiger partial charge in [0.1, 0.15) is 13.2 Å². The van der Waals surface area contributed by atoms with Crippen LogP contribution in [0.4, 0.5) is 0 Å². The molecule has 9 nitrogen and oxygen atoms in total. The van der Waals surface area contributed by atoms with Gasteiger partial charge in [-0.25, -0.2) is 0 Å². The maximum absolute atomic E-state index is 13.4. The maximum atomic E-state index is 13.4. The van der Waals surface area contributed by atoms with Gasteiger partial charge in [0.15, 0.2) is 0 Å². The zero-order chi connectivity index (χ0) is 30.1. The van der Waals surface area contributed by atoms with Gasteiger partial charge in [-0.2, -0.15) is 0 Å². The monoisotopic (exact) mass is 578 g/mol. The minimum atomic E-state index is -0.658. The van der Waals surface area contributed by atoms with E-state index in [1.807, 2.05) is 13.8 Å². The summed E-state index contributed by atoms with van der Waals surface area (Å²) in [7, 11) is 0. The first kappa shape index (κ1) is 34.9. The Morgan fingerprint density at radius 3 is 1.22 bits per heavy atom. The van der Waals surface area contributed by atoms with E-state index < -0.39 is 34.6 Å². The van der Waals surface area contributed by atoms with Crippen molar-refractivity contribution in [2.45, 2.75) is 51.7 Å². The molecule has 1 aliphatic heterocycles. The van der Waals surface area contributed by atoms with Gasteiger partial charge < -0.3 is 33.2 Å². The number of ether oxygens (including phenoxy) is 7. The van der Waals surface area contributed by atoms with E-state index in [4.69, 9.17) is 33.2 Å². The van der Waals surface area contributed by atoms with E-state index in [1.165, 1.54) is 0 Å². The van der Waals surface area contributed by atoms with Crippen molar-refractivity contribution in [1.82, 2.24) is 0 Å². The van der Waals surface area contributed by atoms with Crippen molar-refractivity contribution in [1.29, 1.82) is 0 Å². The van der Waals surface area contributed by atoms with Gasteiger partial charge in [0.25, 0.3) is 0 Å². The molecule has 0 aromatic heterocycles. The predicted molar refractivity (Wildman–Crippen MR) is 156 cm³/mol. The summed E-state index contributed by atoms with van der Waals surface area (Å²) in [6.07, 6.45) is 8.80. The van der Waals surface area contributed by atoms with Crippen molar-refractivity contribution >= 4 is 11.9 Å². The lowest BCUT2D eigenvalue weighted by molar-refractivity contribution is -0.169. The van der Waals surface area contributed by atoms with Crippen molar-refractivity contribution in [3.05, 3.63) is 50.6 Å². The van der Waals surface area contributed by atoms with Crippen LogP contribution < -0.4 is 0 Å². The van der Waals surface area contributed by atoms with Crippen molar-refractivity contribution in [2.75, 3.05) is 66.1 Å². The smallest absolute Gasteiger partial charge is 0.309 e. The molecule has 1 aliphatic carbocycles. The van der Waals surface area contributed by atoms with E-state index in [2.05, 4.69) is 26.3 Å². The molecule has 2 aliphatic rings. The molecule has 41 heavy (non-hydrogen) atoms. The quantitative estimate of drug-likeness (QED) is 0.0710. The summed E-state index contributed by atoms with van der Waals surface area (Å²) in [4.78, 5) is 26.9. The third kappa shape index (κ3) is 11.1. The van der Waals surface area contributed by atoms with Crippen LogP contribution in [0.2, 0.25) is 0 Å². The molecular formula is C32H50O9. The zero-order valence-electron chi connectivity index (χ0n) is 25.0. The van der Waals surface area contributed by atoms with Crippen LogP contribution in [0.25, 0.3) is 0 Å². The van der Waals surface area contributed by atoms with E-state index in [9.17, 15) is 9.59 Å². The number of esters is 2. The summed E-state index contributed by atoms with van der Waals surface area (Å²) in [5, 5.41) is 0. The normalized spacial score (nSPS) is 21.8. The van der Waals surface area contributed by atoms with Gasteiger partial charge in [-0.1, -0.05) is 38.2 Å². The molecule has 9 heteroatoms. The molecule has 2 rings (SSSR count). The molecule has 4 atom stereocenters. The standard InChI is InChI=1S/C32H50O9/c1-7-13-35-19-31(11-5,20-36-14-8-2)23-39-29(33)25-17-27-28(41-27)18-26(25)30(34)40-24-32(12-6,21-37-15-9-3)22-38-16-10-4/h7-10,25-28H,1-4,11-24H2,5-6H3. The van der Waals surface area contributed by atoms with Crippen molar-refractivity contribution in [2.24, 2.45) is 22.7 Å². The highest BCUT2D eigenvalue weighted by Crippen LogP contribution is 2.44. The summed E-state index contributed by atoms with van der Waals surface area (Å²) in [6, 6.07) is 0. The van der Waals surface area contributed by atoms with Crippen LogP contribution in [-0.4, -0.2) is 90.2 Å². The third-order valence-electron chi connectivity index (χ3n) is 7.87. The Bertz CT molecular complexity index is 758. The SMILES string of the molecule is C=CCOCC(CC)(COCC=C)COC(=O)C1CC2OC2CC1C(=O)OCC(CC)(COCC=C)COCC=C. The Hall–Kier alpha value is -2.30. The first-order valence-electron chi connectivity index (χ1n) is 14.6. The van der Waals surface area contributed by atoms with Gasteiger partial charge >= 0.3 is 11.9 Å². The lowest BCUT2D eigenvalue weighted by atomic mass is 9.79. The Morgan fingerprint density at radius 2 is 0.951 bits per heavy atom. The van der Waals surface area contributed by atoms with Crippen LogP contribution >= 0.6 is 0 Å². The molecule has 0 radical (unpaired) electrons. The van der Waals surface area contributed by atoms with E-state index in [0.29, 0.717) is 78.5 Å². The molecule has 1 saturated heterocycles. The largest absolute Gasteiger partial charge is 0.465 e. The van der Waals surface area contributed by atoms with Crippen LogP contribution in [0.15, 0.2) is 50.6 Å². The maximum Gasteiger partial charge on any atom is 0.309 e. The molecule has 2 fully saturated rings. The van der Waals surface area contributed by atoms with Crippen LogP contribution in [0.1, 0.15) is 39.5 Å². The topological polar surface area (TPSA) is 102 Å². The van der Waals surface area contributed by atoms with E-state index in [0.717, 1.165) is 0 Å². The van der Waals surface area contributed by atoms with Crippen LogP contribution in [0.3, 0.4) is 0 Å². The Kier molecular flexibility index (Phi) is 15.6. The number of carbonyl (C=O) groups is 2. The minimum absolute atomic E-state index is 0.0336. The second-order valence-electron chi connectivity index (χ2n) is 11.0. The number of hydrogen-bond acceptors (Lipinski definition) is 9. The second kappa shape index (κ2) is 18.3. The summed E-state index contributed by atoms with van der Waals surface area (Å²) < 4.78 is 40.4. The lowest BCUT2D eigenvalue weighted by Crippen LogP contribution is -2.43. The number of hydrogen-bond donors (Lipinski definition) is 0. The summed E-state index contributed by atoms with van der Waals surface area (Å²) in [6.45, 7) is 21.9. The highest BCUT2D eigenvalue weighted by atomic mass is 16.6. The van der Waals surface area contributed by atoms with E-state index in [-0.39, 0.29) is 25.4 Å². The molecule has 1 heterocycles. The molecule has 0 aromatic carbocycles. The van der Waals surface area contributed by atoms with Gasteiger partial charge in [0.05, 0.1) is 87.7 Å². The van der Waals surface area contributed by atoms with Gasteiger partial charge in [-0.15, -0.1) is 26.3 Å². The molecule has 1 saturated carbocycles. The average molecular weight is 579 g/mol. The number of carbonyl (C=O) groups excluding carboxylic acids is 2. The number of epoxide rings is 1. The predicted octanol–water partition coefficient (Wildman–Crippen LogP) is 4.47. The molecular weight excluding hydrogens is 528 g/mol. The molecule has 0 amide bonds. The van der Waals surface area contributed by atoms with E-state index in [1.54, 1.807) is 24.3 Å². The van der Waals surface area contributed by atoms with Crippen molar-refractivity contribution in [3.8, 4) is 0 Å². The molecule has 0 N–H and O–H groups in total. The third-order valence-corrected chi connectivity index (χ3v) is 7.87. The van der Waals surface area contributed by atoms with Crippen LogP contribution in [0.5, 0.6) is 0 Å². The minimum Gasteiger partial charge on any atom is -0.465 e. The van der Waals surface area contributed by atoms with Gasteiger partial charge in [-0.3, -0.25) is 9.59 Å². The Balaban J connectivity index is 2.08. The highest BCUT2D eigenvalue weighted by Gasteiger charge is 2.54. The number of rotatable bonds is 24. The number of fused-ring (bicyclic) bond motifs is 1. The Labute approximate surface area is 245 Å². The van der Waals surface area contributed by atoms with Gasteiger partial charge in [-0.05, 0) is 25.7 Å². The summed E-state index contributed by atoms with van der Waals surface area (Å²) >= 11 is 0. The zero-order valence-corrected chi connectivity index (χ0v) is 25.0.